The van der Waals surface area contributed by atoms with Gasteiger partial charge >= 0.3 is 0 Å². The highest BCUT2D eigenvalue weighted by molar-refractivity contribution is 7.85. The molecule has 2 aromatic carbocycles. The van der Waals surface area contributed by atoms with Crippen molar-refractivity contribution < 1.29 is 9.30 Å². The Labute approximate surface area is 166 Å². The topological polar surface area (TPSA) is 26.3 Å². The summed E-state index contributed by atoms with van der Waals surface area (Å²) in [7, 11) is -1.28. The highest BCUT2D eigenvalue weighted by Gasteiger charge is 2.31. The monoisotopic (exact) mass is 386 g/mol. The molecule has 0 N–H and O–H groups in total. The number of benzene rings is 2. The standard InChI is InChI=1S/C25H23O2P/c1-18-14-20(27-3)15-19(2)25-17-23(16-24(18)25)28(26,21-10-6-4-7-11-21)22-12-8-5-9-13-22/h4-17H,1-3H3. The lowest BCUT2D eigenvalue weighted by atomic mass is 10.1. The quantitative estimate of drug-likeness (QED) is 0.459. The first-order valence-electron chi connectivity index (χ1n) is 9.35. The van der Waals surface area contributed by atoms with Crippen LogP contribution in [0.1, 0.15) is 11.1 Å². The molecule has 0 saturated carbocycles. The van der Waals surface area contributed by atoms with Crippen molar-refractivity contribution in [3.05, 3.63) is 96.1 Å². The fourth-order valence-corrected chi connectivity index (χ4v) is 6.49. The third-order valence-corrected chi connectivity index (χ3v) is 8.32. The second-order valence-corrected chi connectivity index (χ2v) is 9.85. The van der Waals surface area contributed by atoms with Crippen LogP contribution >= 0.6 is 7.14 Å². The van der Waals surface area contributed by atoms with Crippen LogP contribution in [0.2, 0.25) is 0 Å². The zero-order chi connectivity index (χ0) is 19.7. The molecule has 0 amide bonds. The van der Waals surface area contributed by atoms with Crippen molar-refractivity contribution in [1.82, 2.24) is 0 Å². The lowest BCUT2D eigenvalue weighted by molar-refractivity contribution is 0.415. The van der Waals surface area contributed by atoms with Crippen molar-refractivity contribution in [2.24, 2.45) is 0 Å². The van der Waals surface area contributed by atoms with E-state index in [9.17, 15) is 4.57 Å². The van der Waals surface area contributed by atoms with Gasteiger partial charge in [-0.05, 0) is 60.4 Å². The number of fused-ring (bicyclic) bond motifs is 1. The Bertz CT molecular complexity index is 1050. The molecule has 0 saturated heterocycles. The summed E-state index contributed by atoms with van der Waals surface area (Å²) in [5, 5.41) is 2.58. The maximum atomic E-state index is 14.6. The Kier molecular flexibility index (Phi) is 4.83. The molecule has 0 radical (unpaired) electrons. The van der Waals surface area contributed by atoms with E-state index in [1.807, 2.05) is 72.8 Å². The lowest BCUT2D eigenvalue weighted by Crippen LogP contribution is -2.23. The van der Waals surface area contributed by atoms with Crippen LogP contribution in [0.15, 0.2) is 84.9 Å². The average molecular weight is 386 g/mol. The van der Waals surface area contributed by atoms with Gasteiger partial charge in [-0.1, -0.05) is 60.7 Å². The second-order valence-electron chi connectivity index (χ2n) is 7.08. The Morgan fingerprint density at radius 1 is 0.643 bits per heavy atom. The van der Waals surface area contributed by atoms with Gasteiger partial charge in [0.1, 0.15) is 5.75 Å². The van der Waals surface area contributed by atoms with Gasteiger partial charge in [0.15, 0.2) is 7.14 Å². The van der Waals surface area contributed by atoms with Gasteiger partial charge in [-0.2, -0.15) is 0 Å². The molecule has 3 heteroatoms. The predicted octanol–water partition coefficient (Wildman–Crippen LogP) is 5.06. The molecule has 0 unspecified atom stereocenters. The number of methoxy groups -OCH3 is 1. The molecule has 0 aliphatic heterocycles. The summed E-state index contributed by atoms with van der Waals surface area (Å²) in [6.07, 6.45) is 0. The summed E-state index contributed by atoms with van der Waals surface area (Å²) in [4.78, 5) is 0. The van der Waals surface area contributed by atoms with E-state index < -0.39 is 7.14 Å². The summed E-state index contributed by atoms with van der Waals surface area (Å²) >= 11 is 0. The number of ether oxygens (including phenoxy) is 1. The Balaban J connectivity index is 2.03. The number of rotatable bonds is 4. The molecule has 0 heterocycles. The van der Waals surface area contributed by atoms with Crippen LogP contribution < -0.4 is 20.7 Å². The van der Waals surface area contributed by atoms with E-state index in [0.29, 0.717) is 0 Å². The van der Waals surface area contributed by atoms with Crippen molar-refractivity contribution in [3.8, 4) is 16.9 Å². The zero-order valence-corrected chi connectivity index (χ0v) is 17.2. The molecule has 2 aliphatic carbocycles. The molecule has 2 aliphatic rings. The van der Waals surface area contributed by atoms with E-state index in [1.165, 1.54) is 0 Å². The molecule has 0 aromatic heterocycles. The van der Waals surface area contributed by atoms with Crippen LogP contribution in [0, 0.1) is 13.8 Å². The van der Waals surface area contributed by atoms with Crippen LogP contribution in [0.4, 0.5) is 0 Å². The maximum absolute atomic E-state index is 14.6. The Morgan fingerprint density at radius 2 is 1.07 bits per heavy atom. The fraction of sp³-hybridized carbons (Fsp3) is 0.120. The van der Waals surface area contributed by atoms with Gasteiger partial charge in [-0.25, -0.2) is 0 Å². The van der Waals surface area contributed by atoms with E-state index in [2.05, 4.69) is 26.0 Å². The van der Waals surface area contributed by atoms with Gasteiger partial charge in [0.2, 0.25) is 0 Å². The molecule has 4 rings (SSSR count). The summed E-state index contributed by atoms with van der Waals surface area (Å²) in [5.41, 5.74) is 4.45. The van der Waals surface area contributed by atoms with Crippen LogP contribution in [-0.2, 0) is 4.57 Å². The van der Waals surface area contributed by atoms with E-state index >= 15 is 0 Å². The SMILES string of the molecule is COc1cc(C)c2cc(P(=O)(c3ccccc3)c3ccccc3)cc-2c(C)c1. The fourth-order valence-electron chi connectivity index (χ4n) is 3.79. The third-order valence-electron chi connectivity index (χ3n) is 5.28. The van der Waals surface area contributed by atoms with Crippen LogP contribution in [-0.4, -0.2) is 7.11 Å². The smallest absolute Gasteiger partial charge is 0.171 e. The zero-order valence-electron chi connectivity index (χ0n) is 16.3. The molecule has 2 aromatic rings. The molecule has 28 heavy (non-hydrogen) atoms. The molecule has 140 valence electrons. The minimum atomic E-state index is -2.96. The van der Waals surface area contributed by atoms with Gasteiger partial charge < -0.3 is 9.30 Å². The molecule has 2 nitrogen and oxygen atoms in total. The van der Waals surface area contributed by atoms with E-state index in [0.717, 1.165) is 43.9 Å². The molecule has 0 atom stereocenters. The first-order chi connectivity index (χ1) is 13.5. The highest BCUT2D eigenvalue weighted by atomic mass is 31.2. The second kappa shape index (κ2) is 7.30. The van der Waals surface area contributed by atoms with Gasteiger partial charge in [0, 0.05) is 15.9 Å². The van der Waals surface area contributed by atoms with Gasteiger partial charge in [-0.3, -0.25) is 0 Å². The molecule has 0 fully saturated rings. The largest absolute Gasteiger partial charge is 0.497 e. The van der Waals surface area contributed by atoms with Crippen LogP contribution in [0.3, 0.4) is 0 Å². The number of aryl methyl sites for hydroxylation is 2. The predicted molar refractivity (Wildman–Crippen MR) is 118 cm³/mol. The highest BCUT2D eigenvalue weighted by Crippen LogP contribution is 2.45. The molecule has 0 spiro atoms. The molecular formula is C25H23O2P. The van der Waals surface area contributed by atoms with E-state index in [1.54, 1.807) is 7.11 Å². The summed E-state index contributed by atoms with van der Waals surface area (Å²) in [5.74, 6) is 0.835. The van der Waals surface area contributed by atoms with Crippen molar-refractivity contribution in [2.45, 2.75) is 13.8 Å². The molecule has 0 bridgehead atoms. The summed E-state index contributed by atoms with van der Waals surface area (Å²) in [6.45, 7) is 4.15. The Morgan fingerprint density at radius 3 is 1.46 bits per heavy atom. The van der Waals surface area contributed by atoms with Crippen molar-refractivity contribution in [3.63, 3.8) is 0 Å². The maximum Gasteiger partial charge on any atom is 0.171 e. The van der Waals surface area contributed by atoms with Crippen molar-refractivity contribution in [1.29, 1.82) is 0 Å². The van der Waals surface area contributed by atoms with E-state index in [4.69, 9.17) is 4.74 Å². The van der Waals surface area contributed by atoms with Gasteiger partial charge in [0.05, 0.1) is 7.11 Å². The minimum Gasteiger partial charge on any atom is -0.497 e. The number of hydrogen-bond donors (Lipinski definition) is 0. The Hall–Kier alpha value is -2.83. The van der Waals surface area contributed by atoms with Crippen molar-refractivity contribution >= 4 is 23.1 Å². The van der Waals surface area contributed by atoms with Crippen LogP contribution in [0.5, 0.6) is 5.75 Å². The normalized spacial score (nSPS) is 11.5. The summed E-state index contributed by atoms with van der Waals surface area (Å²) < 4.78 is 20.0. The van der Waals surface area contributed by atoms with Gasteiger partial charge in [-0.15, -0.1) is 0 Å². The number of hydrogen-bond acceptors (Lipinski definition) is 2. The van der Waals surface area contributed by atoms with Gasteiger partial charge in [0.25, 0.3) is 0 Å². The minimum absolute atomic E-state index is 0.835. The summed E-state index contributed by atoms with van der Waals surface area (Å²) in [6, 6.07) is 27.9. The first kappa shape index (κ1) is 18.5. The molecular weight excluding hydrogens is 363 g/mol. The first-order valence-corrected chi connectivity index (χ1v) is 11.1. The lowest BCUT2D eigenvalue weighted by Gasteiger charge is -2.18. The third kappa shape index (κ3) is 3.04. The van der Waals surface area contributed by atoms with Crippen molar-refractivity contribution in [2.75, 3.05) is 7.11 Å². The van der Waals surface area contributed by atoms with E-state index in [-0.39, 0.29) is 0 Å². The van der Waals surface area contributed by atoms with Crippen LogP contribution in [0.25, 0.3) is 11.1 Å². The average Bonchev–Trinajstić information content (AvgIpc) is 3.16.